The van der Waals surface area contributed by atoms with Gasteiger partial charge in [0.2, 0.25) is 0 Å². The molecule has 0 spiro atoms. The molecule has 10 heteroatoms. The lowest BCUT2D eigenvalue weighted by molar-refractivity contribution is -0.264. The van der Waals surface area contributed by atoms with E-state index in [-0.39, 0.29) is 17.5 Å². The average molecular weight is 431 g/mol. The fourth-order valence-electron chi connectivity index (χ4n) is 3.81. The second-order valence-corrected chi connectivity index (χ2v) is 8.19. The van der Waals surface area contributed by atoms with Gasteiger partial charge in [0.15, 0.2) is 17.2 Å². The van der Waals surface area contributed by atoms with Crippen LogP contribution in [0.5, 0.6) is 5.75 Å². The maximum atomic E-state index is 13.9. The average Bonchev–Trinajstić information content (AvgIpc) is 3.11. The number of halogens is 5. The molecule has 0 saturated heterocycles. The quantitative estimate of drug-likeness (QED) is 0.522. The van der Waals surface area contributed by atoms with Crippen LogP contribution in [0.2, 0.25) is 0 Å². The van der Waals surface area contributed by atoms with Crippen molar-refractivity contribution in [1.29, 1.82) is 0 Å². The Kier molecular flexibility index (Phi) is 5.57. The SMILES string of the molecule is CC(C)(CC(O)(CNC1=CC=CC2NN=CC12)C(F)(F)F)c1cc(F)cc(F)c1O. The molecule has 30 heavy (non-hydrogen) atoms. The van der Waals surface area contributed by atoms with Crippen molar-refractivity contribution < 1.29 is 32.2 Å². The number of phenols is 1. The Labute approximate surface area is 170 Å². The zero-order chi connectivity index (χ0) is 22.3. The number of nitrogens with one attached hydrogen (secondary N) is 2. The molecule has 0 radical (unpaired) electrons. The monoisotopic (exact) mass is 431 g/mol. The lowest BCUT2D eigenvalue weighted by atomic mass is 9.74. The molecule has 4 N–H and O–H groups in total. The number of benzene rings is 1. The Morgan fingerprint density at radius 2 is 1.90 bits per heavy atom. The minimum absolute atomic E-state index is 0.194. The van der Waals surface area contributed by atoms with Gasteiger partial charge in [-0.05, 0) is 24.0 Å². The summed E-state index contributed by atoms with van der Waals surface area (Å²) in [6.07, 6.45) is 0.618. The van der Waals surface area contributed by atoms with Crippen molar-refractivity contribution in [3.8, 4) is 5.75 Å². The number of nitrogens with zero attached hydrogens (tertiary/aromatic N) is 1. The molecular formula is C20H22F5N3O2. The lowest BCUT2D eigenvalue weighted by Crippen LogP contribution is -2.55. The Morgan fingerprint density at radius 1 is 1.20 bits per heavy atom. The number of alkyl halides is 3. The molecule has 1 aliphatic carbocycles. The van der Waals surface area contributed by atoms with Crippen LogP contribution in [-0.2, 0) is 5.41 Å². The molecule has 0 saturated carbocycles. The Bertz CT molecular complexity index is 910. The fraction of sp³-hybridized carbons (Fsp3) is 0.450. The van der Waals surface area contributed by atoms with Crippen molar-refractivity contribution in [2.75, 3.05) is 6.54 Å². The van der Waals surface area contributed by atoms with Gasteiger partial charge in [0.05, 0.1) is 18.5 Å². The molecule has 0 bridgehead atoms. The number of rotatable bonds is 6. The fourth-order valence-corrected chi connectivity index (χ4v) is 3.81. The van der Waals surface area contributed by atoms with E-state index in [2.05, 4.69) is 15.8 Å². The van der Waals surface area contributed by atoms with Crippen LogP contribution in [0.25, 0.3) is 0 Å². The summed E-state index contributed by atoms with van der Waals surface area (Å²) in [5.41, 5.74) is -1.97. The van der Waals surface area contributed by atoms with Gasteiger partial charge < -0.3 is 21.0 Å². The number of phenolic OH excluding ortho intramolecular Hbond substituents is 1. The molecule has 3 rings (SSSR count). The number of allylic oxidation sites excluding steroid dienone is 2. The van der Waals surface area contributed by atoms with Crippen LogP contribution in [0.4, 0.5) is 22.0 Å². The largest absolute Gasteiger partial charge is 0.505 e. The first-order valence-electron chi connectivity index (χ1n) is 9.23. The van der Waals surface area contributed by atoms with E-state index in [1.54, 1.807) is 18.4 Å². The molecule has 1 aliphatic heterocycles. The molecule has 1 aromatic rings. The Morgan fingerprint density at radius 3 is 2.57 bits per heavy atom. The van der Waals surface area contributed by atoms with E-state index in [0.29, 0.717) is 11.8 Å². The molecule has 5 nitrogen and oxygen atoms in total. The van der Waals surface area contributed by atoms with Crippen molar-refractivity contribution >= 4 is 6.21 Å². The number of hydrogen-bond acceptors (Lipinski definition) is 5. The summed E-state index contributed by atoms with van der Waals surface area (Å²) in [6.45, 7) is 1.64. The maximum Gasteiger partial charge on any atom is 0.418 e. The van der Waals surface area contributed by atoms with Gasteiger partial charge >= 0.3 is 6.18 Å². The minimum Gasteiger partial charge on any atom is -0.505 e. The van der Waals surface area contributed by atoms with Crippen LogP contribution in [0.3, 0.4) is 0 Å². The Hall–Kier alpha value is -2.62. The van der Waals surface area contributed by atoms with Crippen molar-refractivity contribution in [3.05, 3.63) is 53.3 Å². The van der Waals surface area contributed by atoms with Crippen LogP contribution in [0.15, 0.2) is 41.2 Å². The maximum absolute atomic E-state index is 13.9. The predicted molar refractivity (Wildman–Crippen MR) is 101 cm³/mol. The first kappa shape index (κ1) is 22.1. The van der Waals surface area contributed by atoms with Crippen LogP contribution < -0.4 is 10.7 Å². The highest BCUT2D eigenvalue weighted by Gasteiger charge is 2.56. The second-order valence-electron chi connectivity index (χ2n) is 8.19. The lowest BCUT2D eigenvalue weighted by Gasteiger charge is -2.39. The van der Waals surface area contributed by atoms with Crippen molar-refractivity contribution in [1.82, 2.24) is 10.7 Å². The third-order valence-electron chi connectivity index (χ3n) is 5.40. The summed E-state index contributed by atoms with van der Waals surface area (Å²) >= 11 is 0. The van der Waals surface area contributed by atoms with Gasteiger partial charge in [0.1, 0.15) is 5.82 Å². The van der Waals surface area contributed by atoms with Gasteiger partial charge in [0.25, 0.3) is 0 Å². The molecule has 2 aliphatic rings. The standard InChI is InChI=1S/C20H22F5N3O2/c1-18(2,13-6-11(21)7-14(22)17(13)29)9-19(30,20(23,24)25)10-26-15-4-3-5-16-12(15)8-27-28-16/h3-8,12,16,26,28-30H,9-10H2,1-2H3. The predicted octanol–water partition coefficient (Wildman–Crippen LogP) is 3.25. The molecule has 1 aromatic carbocycles. The summed E-state index contributed by atoms with van der Waals surface area (Å²) in [5.74, 6) is -3.58. The molecule has 164 valence electrons. The third-order valence-corrected chi connectivity index (χ3v) is 5.40. The normalized spacial score (nSPS) is 22.9. The van der Waals surface area contributed by atoms with Gasteiger partial charge in [0, 0.05) is 23.5 Å². The van der Waals surface area contributed by atoms with Crippen LogP contribution >= 0.6 is 0 Å². The number of hydrazone groups is 1. The summed E-state index contributed by atoms with van der Waals surface area (Å²) in [5, 5.41) is 27.1. The summed E-state index contributed by atoms with van der Waals surface area (Å²) in [4.78, 5) is 0. The van der Waals surface area contributed by atoms with Gasteiger partial charge in [-0.2, -0.15) is 18.3 Å². The van der Waals surface area contributed by atoms with Gasteiger partial charge in [-0.3, -0.25) is 0 Å². The number of aliphatic hydroxyl groups is 1. The third kappa shape index (κ3) is 4.14. The van der Waals surface area contributed by atoms with E-state index in [0.717, 1.165) is 6.07 Å². The number of aromatic hydroxyl groups is 1. The van der Waals surface area contributed by atoms with Crippen LogP contribution in [0.1, 0.15) is 25.8 Å². The first-order chi connectivity index (χ1) is 13.8. The molecule has 1 heterocycles. The van der Waals surface area contributed by atoms with Crippen LogP contribution in [0, 0.1) is 17.6 Å². The zero-order valence-electron chi connectivity index (χ0n) is 16.3. The molecule has 0 aromatic heterocycles. The minimum atomic E-state index is -5.05. The smallest absolute Gasteiger partial charge is 0.418 e. The van der Waals surface area contributed by atoms with E-state index in [9.17, 15) is 32.2 Å². The van der Waals surface area contributed by atoms with E-state index < -0.39 is 47.5 Å². The topological polar surface area (TPSA) is 76.9 Å². The molecule has 3 atom stereocenters. The van der Waals surface area contributed by atoms with E-state index in [4.69, 9.17) is 0 Å². The second kappa shape index (κ2) is 7.57. The molecule has 0 amide bonds. The van der Waals surface area contributed by atoms with Gasteiger partial charge in [-0.25, -0.2) is 8.78 Å². The van der Waals surface area contributed by atoms with Gasteiger partial charge in [-0.1, -0.05) is 26.0 Å². The highest BCUT2D eigenvalue weighted by atomic mass is 19.4. The number of hydrogen-bond donors (Lipinski definition) is 4. The molecular weight excluding hydrogens is 409 g/mol. The van der Waals surface area contributed by atoms with E-state index in [1.165, 1.54) is 13.8 Å². The van der Waals surface area contributed by atoms with Crippen molar-refractivity contribution in [2.45, 2.75) is 43.5 Å². The van der Waals surface area contributed by atoms with Crippen molar-refractivity contribution in [2.24, 2.45) is 11.0 Å². The zero-order valence-corrected chi connectivity index (χ0v) is 16.3. The molecule has 0 fully saturated rings. The highest BCUT2D eigenvalue weighted by molar-refractivity contribution is 5.69. The summed E-state index contributed by atoms with van der Waals surface area (Å²) in [6, 6.07) is 1.01. The first-order valence-corrected chi connectivity index (χ1v) is 9.23. The van der Waals surface area contributed by atoms with Gasteiger partial charge in [-0.15, -0.1) is 0 Å². The summed E-state index contributed by atoms with van der Waals surface area (Å²) < 4.78 is 69.0. The molecule has 3 unspecified atom stereocenters. The summed E-state index contributed by atoms with van der Waals surface area (Å²) in [7, 11) is 0. The van der Waals surface area contributed by atoms with E-state index >= 15 is 0 Å². The number of fused-ring (bicyclic) bond motifs is 1. The van der Waals surface area contributed by atoms with E-state index in [1.807, 2.05) is 6.08 Å². The van der Waals surface area contributed by atoms with Crippen LogP contribution in [-0.4, -0.2) is 40.8 Å². The highest BCUT2D eigenvalue weighted by Crippen LogP contribution is 2.44. The Balaban J connectivity index is 1.86. The van der Waals surface area contributed by atoms with Crippen molar-refractivity contribution in [3.63, 3.8) is 0 Å².